The number of nitriles is 1. The molecule has 2 rings (SSSR count). The Morgan fingerprint density at radius 2 is 2.00 bits per heavy atom. The molecule has 0 unspecified atom stereocenters. The van der Waals surface area contributed by atoms with E-state index in [2.05, 4.69) is 11.4 Å². The lowest BCUT2D eigenvalue weighted by molar-refractivity contribution is 0.0916. The highest BCUT2D eigenvalue weighted by Gasteiger charge is 2.36. The van der Waals surface area contributed by atoms with Gasteiger partial charge in [-0.2, -0.15) is 5.26 Å². The molecular weight excluding hydrogens is 238 g/mol. The zero-order chi connectivity index (χ0) is 13.2. The summed E-state index contributed by atoms with van der Waals surface area (Å²) < 4.78 is 26.2. The van der Waals surface area contributed by atoms with Crippen molar-refractivity contribution in [3.8, 4) is 6.07 Å². The summed E-state index contributed by atoms with van der Waals surface area (Å²) in [6.45, 7) is 0. The summed E-state index contributed by atoms with van der Waals surface area (Å²) in [7, 11) is 0. The van der Waals surface area contributed by atoms with Crippen LogP contribution < -0.4 is 5.32 Å². The Bertz CT molecular complexity index is 516. The molecule has 0 spiro atoms. The van der Waals surface area contributed by atoms with Crippen LogP contribution in [0.2, 0.25) is 0 Å². The highest BCUT2D eigenvalue weighted by atomic mass is 19.1. The van der Waals surface area contributed by atoms with Gasteiger partial charge in [0, 0.05) is 6.07 Å². The first-order valence-corrected chi connectivity index (χ1v) is 5.75. The van der Waals surface area contributed by atoms with Crippen molar-refractivity contribution < 1.29 is 13.6 Å². The number of amides is 1. The quantitative estimate of drug-likeness (QED) is 0.876. The van der Waals surface area contributed by atoms with Gasteiger partial charge < -0.3 is 5.32 Å². The molecule has 1 fully saturated rings. The summed E-state index contributed by atoms with van der Waals surface area (Å²) in [5.41, 5.74) is -1.14. The van der Waals surface area contributed by atoms with Crippen molar-refractivity contribution >= 4 is 5.91 Å². The van der Waals surface area contributed by atoms with E-state index < -0.39 is 23.1 Å². The topological polar surface area (TPSA) is 52.9 Å². The van der Waals surface area contributed by atoms with Crippen LogP contribution in [0.3, 0.4) is 0 Å². The first-order valence-electron chi connectivity index (χ1n) is 5.75. The van der Waals surface area contributed by atoms with E-state index in [9.17, 15) is 13.6 Å². The molecule has 1 aliphatic carbocycles. The lowest BCUT2D eigenvalue weighted by Gasteiger charge is -2.22. The van der Waals surface area contributed by atoms with Crippen LogP contribution in [0.25, 0.3) is 0 Å². The molecule has 0 saturated heterocycles. The van der Waals surface area contributed by atoms with Gasteiger partial charge in [-0.1, -0.05) is 0 Å². The van der Waals surface area contributed by atoms with Crippen molar-refractivity contribution in [1.82, 2.24) is 5.32 Å². The molecule has 1 aliphatic rings. The maximum absolute atomic E-state index is 13.4. The smallest absolute Gasteiger partial charge is 0.255 e. The molecule has 1 saturated carbocycles. The maximum atomic E-state index is 13.4. The number of rotatable bonds is 2. The van der Waals surface area contributed by atoms with Gasteiger partial charge in [-0.25, -0.2) is 8.78 Å². The van der Waals surface area contributed by atoms with Crippen LogP contribution >= 0.6 is 0 Å². The molecule has 0 aromatic heterocycles. The zero-order valence-corrected chi connectivity index (χ0v) is 9.67. The lowest BCUT2D eigenvalue weighted by Crippen LogP contribution is -2.45. The van der Waals surface area contributed by atoms with Gasteiger partial charge in [-0.3, -0.25) is 4.79 Å². The normalized spacial score (nSPS) is 17.2. The monoisotopic (exact) mass is 250 g/mol. The number of hydrogen-bond donors (Lipinski definition) is 1. The fraction of sp³-hybridized carbons (Fsp3) is 0.385. The number of carbonyl (C=O) groups excluding carboxylic acids is 1. The standard InChI is InChI=1S/C13H12F2N2O/c14-9-3-4-10(11(15)7-9)12(18)17-13(8-16)5-1-2-6-13/h3-4,7H,1-2,5-6H2,(H,17,18). The van der Waals surface area contributed by atoms with Crippen LogP contribution in [0.5, 0.6) is 0 Å². The van der Waals surface area contributed by atoms with Gasteiger partial charge in [0.15, 0.2) is 0 Å². The van der Waals surface area contributed by atoms with Crippen LogP contribution in [-0.4, -0.2) is 11.4 Å². The number of hydrogen-bond acceptors (Lipinski definition) is 2. The number of nitrogens with one attached hydrogen (secondary N) is 1. The van der Waals surface area contributed by atoms with Crippen molar-refractivity contribution in [2.75, 3.05) is 0 Å². The second kappa shape index (κ2) is 4.73. The van der Waals surface area contributed by atoms with E-state index in [0.717, 1.165) is 25.0 Å². The molecule has 1 aromatic rings. The highest BCUT2D eigenvalue weighted by Crippen LogP contribution is 2.29. The van der Waals surface area contributed by atoms with Crippen LogP contribution in [0.15, 0.2) is 18.2 Å². The van der Waals surface area contributed by atoms with Crippen molar-refractivity contribution in [3.05, 3.63) is 35.4 Å². The average molecular weight is 250 g/mol. The van der Waals surface area contributed by atoms with Crippen LogP contribution in [0.1, 0.15) is 36.0 Å². The van der Waals surface area contributed by atoms with Crippen LogP contribution in [0.4, 0.5) is 8.78 Å². The summed E-state index contributed by atoms with van der Waals surface area (Å²) in [6.07, 6.45) is 2.86. The minimum absolute atomic E-state index is 0.238. The number of benzene rings is 1. The fourth-order valence-electron chi connectivity index (χ4n) is 2.20. The van der Waals surface area contributed by atoms with Gasteiger partial charge in [0.2, 0.25) is 0 Å². The Labute approximate surface area is 103 Å². The predicted molar refractivity (Wildman–Crippen MR) is 60.6 cm³/mol. The molecule has 3 nitrogen and oxygen atoms in total. The molecule has 5 heteroatoms. The Morgan fingerprint density at radius 3 is 2.56 bits per heavy atom. The zero-order valence-electron chi connectivity index (χ0n) is 9.67. The molecule has 1 aromatic carbocycles. The van der Waals surface area contributed by atoms with Crippen LogP contribution in [-0.2, 0) is 0 Å². The molecule has 18 heavy (non-hydrogen) atoms. The Kier molecular flexibility index (Phi) is 3.28. The van der Waals surface area contributed by atoms with Crippen molar-refractivity contribution in [3.63, 3.8) is 0 Å². The highest BCUT2D eigenvalue weighted by molar-refractivity contribution is 5.95. The minimum Gasteiger partial charge on any atom is -0.334 e. The van der Waals surface area contributed by atoms with Crippen molar-refractivity contribution in [1.29, 1.82) is 5.26 Å². The fourth-order valence-corrected chi connectivity index (χ4v) is 2.20. The second-order valence-corrected chi connectivity index (χ2v) is 4.48. The molecule has 94 valence electrons. The van der Waals surface area contributed by atoms with Gasteiger partial charge >= 0.3 is 0 Å². The average Bonchev–Trinajstić information content (AvgIpc) is 2.78. The van der Waals surface area contributed by atoms with Gasteiger partial charge in [-0.05, 0) is 37.8 Å². The maximum Gasteiger partial charge on any atom is 0.255 e. The molecule has 0 aliphatic heterocycles. The molecule has 0 bridgehead atoms. The molecule has 1 N–H and O–H groups in total. The minimum atomic E-state index is -0.918. The number of halogens is 2. The molecular formula is C13H12F2N2O. The first-order chi connectivity index (χ1) is 8.56. The summed E-state index contributed by atoms with van der Waals surface area (Å²) in [6, 6.07) is 4.84. The van der Waals surface area contributed by atoms with Crippen molar-refractivity contribution in [2.24, 2.45) is 0 Å². The van der Waals surface area contributed by atoms with E-state index in [4.69, 9.17) is 5.26 Å². The molecule has 0 atom stereocenters. The lowest BCUT2D eigenvalue weighted by atomic mass is 9.99. The van der Waals surface area contributed by atoms with E-state index in [1.54, 1.807) is 0 Å². The summed E-state index contributed by atoms with van der Waals surface area (Å²) in [5.74, 6) is -2.32. The summed E-state index contributed by atoms with van der Waals surface area (Å²) >= 11 is 0. The Hall–Kier alpha value is -1.96. The SMILES string of the molecule is N#CC1(NC(=O)c2ccc(F)cc2F)CCCC1. The first kappa shape index (κ1) is 12.5. The molecule has 1 amide bonds. The van der Waals surface area contributed by atoms with Crippen molar-refractivity contribution in [2.45, 2.75) is 31.2 Å². The molecule has 0 heterocycles. The van der Waals surface area contributed by atoms with E-state index in [1.807, 2.05) is 0 Å². The van der Waals surface area contributed by atoms with E-state index >= 15 is 0 Å². The second-order valence-electron chi connectivity index (χ2n) is 4.48. The number of carbonyl (C=O) groups is 1. The summed E-state index contributed by atoms with van der Waals surface area (Å²) in [5, 5.41) is 11.7. The summed E-state index contributed by atoms with van der Waals surface area (Å²) in [4.78, 5) is 11.9. The third kappa shape index (κ3) is 2.33. The third-order valence-electron chi connectivity index (χ3n) is 3.20. The number of nitrogens with zero attached hydrogens (tertiary/aromatic N) is 1. The largest absolute Gasteiger partial charge is 0.334 e. The third-order valence-corrected chi connectivity index (χ3v) is 3.20. The van der Waals surface area contributed by atoms with E-state index in [0.29, 0.717) is 18.9 Å². The Morgan fingerprint density at radius 1 is 1.33 bits per heavy atom. The van der Waals surface area contributed by atoms with Crippen LogP contribution in [0, 0.1) is 23.0 Å². The van der Waals surface area contributed by atoms with Gasteiger partial charge in [-0.15, -0.1) is 0 Å². The Balaban J connectivity index is 2.19. The van der Waals surface area contributed by atoms with Gasteiger partial charge in [0.05, 0.1) is 11.6 Å². The van der Waals surface area contributed by atoms with Gasteiger partial charge in [0.1, 0.15) is 17.2 Å². The van der Waals surface area contributed by atoms with Gasteiger partial charge in [0.25, 0.3) is 5.91 Å². The van der Waals surface area contributed by atoms with E-state index in [-0.39, 0.29) is 5.56 Å². The molecule has 0 radical (unpaired) electrons. The predicted octanol–water partition coefficient (Wildman–Crippen LogP) is 2.53. The van der Waals surface area contributed by atoms with E-state index in [1.165, 1.54) is 0 Å².